The van der Waals surface area contributed by atoms with Crippen molar-refractivity contribution in [3.05, 3.63) is 24.1 Å². The summed E-state index contributed by atoms with van der Waals surface area (Å²) in [5.41, 5.74) is 5.48. The average molecular weight is 275 g/mol. The van der Waals surface area contributed by atoms with Crippen LogP contribution < -0.4 is 5.73 Å². The zero-order valence-corrected chi connectivity index (χ0v) is 11.3. The van der Waals surface area contributed by atoms with Gasteiger partial charge in [-0.05, 0) is 24.6 Å². The van der Waals surface area contributed by atoms with Gasteiger partial charge >= 0.3 is 0 Å². The van der Waals surface area contributed by atoms with E-state index in [4.69, 9.17) is 5.73 Å². The van der Waals surface area contributed by atoms with Gasteiger partial charge in [0.2, 0.25) is 5.03 Å². The Morgan fingerprint density at radius 3 is 2.72 bits per heavy atom. The molecule has 0 aliphatic carbocycles. The molecule has 102 valence electrons. The monoisotopic (exact) mass is 275 g/mol. The highest BCUT2D eigenvalue weighted by Crippen LogP contribution is 2.17. The van der Waals surface area contributed by atoms with Gasteiger partial charge in [-0.1, -0.05) is 13.8 Å². The molecule has 1 aromatic rings. The van der Waals surface area contributed by atoms with Gasteiger partial charge in [0.1, 0.15) is 0 Å². The SMILES string of the molecule is CCN(CC(C)CN)S(=O)(=O)c1ncccc1F. The summed E-state index contributed by atoms with van der Waals surface area (Å²) in [4.78, 5) is 3.62. The first-order chi connectivity index (χ1) is 8.43. The number of nitrogens with zero attached hydrogens (tertiary/aromatic N) is 2. The van der Waals surface area contributed by atoms with E-state index in [0.29, 0.717) is 6.54 Å². The highest BCUT2D eigenvalue weighted by molar-refractivity contribution is 7.89. The first-order valence-electron chi connectivity index (χ1n) is 5.74. The van der Waals surface area contributed by atoms with Crippen molar-refractivity contribution in [2.45, 2.75) is 18.9 Å². The summed E-state index contributed by atoms with van der Waals surface area (Å²) < 4.78 is 39.1. The third-order valence-electron chi connectivity index (χ3n) is 2.58. The molecule has 1 rings (SSSR count). The zero-order chi connectivity index (χ0) is 13.8. The summed E-state index contributed by atoms with van der Waals surface area (Å²) in [5.74, 6) is -0.831. The van der Waals surface area contributed by atoms with Gasteiger partial charge in [0.25, 0.3) is 10.0 Å². The second-order valence-corrected chi connectivity index (χ2v) is 5.94. The molecule has 0 amide bonds. The molecule has 1 atom stereocenters. The third kappa shape index (κ3) is 3.24. The third-order valence-corrected chi connectivity index (χ3v) is 4.46. The first-order valence-corrected chi connectivity index (χ1v) is 7.18. The van der Waals surface area contributed by atoms with Crippen molar-refractivity contribution in [1.82, 2.24) is 9.29 Å². The van der Waals surface area contributed by atoms with E-state index in [2.05, 4.69) is 4.98 Å². The minimum absolute atomic E-state index is 0.00602. The topological polar surface area (TPSA) is 76.3 Å². The van der Waals surface area contributed by atoms with Crippen LogP contribution in [0, 0.1) is 11.7 Å². The lowest BCUT2D eigenvalue weighted by Crippen LogP contribution is -2.37. The van der Waals surface area contributed by atoms with Crippen LogP contribution >= 0.6 is 0 Å². The standard InChI is InChI=1S/C11H18FN3O2S/c1-3-15(8-9(2)7-13)18(16,17)11-10(12)5-4-6-14-11/h4-6,9H,3,7-8,13H2,1-2H3. The Morgan fingerprint density at radius 1 is 1.56 bits per heavy atom. The number of rotatable bonds is 6. The van der Waals surface area contributed by atoms with Crippen LogP contribution in [0.3, 0.4) is 0 Å². The number of aromatic nitrogens is 1. The minimum atomic E-state index is -3.90. The van der Waals surface area contributed by atoms with Gasteiger partial charge in [-0.3, -0.25) is 0 Å². The maximum absolute atomic E-state index is 13.5. The van der Waals surface area contributed by atoms with Crippen LogP contribution in [0.2, 0.25) is 0 Å². The molecule has 0 aromatic carbocycles. The largest absolute Gasteiger partial charge is 0.330 e. The second kappa shape index (κ2) is 6.21. The molecule has 1 unspecified atom stereocenters. The van der Waals surface area contributed by atoms with Crippen molar-refractivity contribution in [2.24, 2.45) is 11.7 Å². The smallest absolute Gasteiger partial charge is 0.263 e. The Balaban J connectivity index is 3.08. The van der Waals surface area contributed by atoms with E-state index in [0.717, 1.165) is 6.07 Å². The van der Waals surface area contributed by atoms with E-state index in [1.54, 1.807) is 6.92 Å². The number of sulfonamides is 1. The predicted molar refractivity (Wildman–Crippen MR) is 66.8 cm³/mol. The Bertz CT molecular complexity index is 493. The van der Waals surface area contributed by atoms with E-state index in [1.807, 2.05) is 6.92 Å². The van der Waals surface area contributed by atoms with Crippen molar-refractivity contribution in [1.29, 1.82) is 0 Å². The minimum Gasteiger partial charge on any atom is -0.330 e. The Morgan fingerprint density at radius 2 is 2.22 bits per heavy atom. The van der Waals surface area contributed by atoms with Crippen LogP contribution in [0.25, 0.3) is 0 Å². The van der Waals surface area contributed by atoms with Crippen molar-refractivity contribution in [2.75, 3.05) is 19.6 Å². The second-order valence-electron chi connectivity index (χ2n) is 4.09. The molecule has 0 bridgehead atoms. The van der Waals surface area contributed by atoms with Crippen LogP contribution in [-0.4, -0.2) is 37.3 Å². The van der Waals surface area contributed by atoms with E-state index >= 15 is 0 Å². The molecule has 1 heterocycles. The van der Waals surface area contributed by atoms with Gasteiger partial charge in [0.05, 0.1) is 0 Å². The van der Waals surface area contributed by atoms with Crippen molar-refractivity contribution in [3.8, 4) is 0 Å². The van der Waals surface area contributed by atoms with Crippen LogP contribution in [0.1, 0.15) is 13.8 Å². The lowest BCUT2D eigenvalue weighted by atomic mass is 10.2. The molecular formula is C11H18FN3O2S. The lowest BCUT2D eigenvalue weighted by Gasteiger charge is -2.22. The lowest BCUT2D eigenvalue weighted by molar-refractivity contribution is 0.367. The van der Waals surface area contributed by atoms with Gasteiger partial charge in [-0.15, -0.1) is 0 Å². The molecule has 0 saturated heterocycles. The molecule has 7 heteroatoms. The van der Waals surface area contributed by atoms with Gasteiger partial charge in [-0.25, -0.2) is 17.8 Å². The summed E-state index contributed by atoms with van der Waals surface area (Å²) in [7, 11) is -3.90. The summed E-state index contributed by atoms with van der Waals surface area (Å²) in [6.45, 7) is 4.42. The number of pyridine rings is 1. The molecule has 0 aliphatic rings. The predicted octanol–water partition coefficient (Wildman–Crippen LogP) is 0.826. The van der Waals surface area contributed by atoms with Gasteiger partial charge in [0.15, 0.2) is 5.82 Å². The maximum atomic E-state index is 13.5. The molecule has 1 aromatic heterocycles. The summed E-state index contributed by atoms with van der Waals surface area (Å²) >= 11 is 0. The van der Waals surface area contributed by atoms with E-state index in [9.17, 15) is 12.8 Å². The van der Waals surface area contributed by atoms with Gasteiger partial charge < -0.3 is 5.73 Å². The molecule has 0 aliphatic heterocycles. The number of hydrogen-bond donors (Lipinski definition) is 1. The normalized spacial score (nSPS) is 13.8. The average Bonchev–Trinajstić information content (AvgIpc) is 2.35. The maximum Gasteiger partial charge on any atom is 0.263 e. The molecule has 18 heavy (non-hydrogen) atoms. The Labute approximate surface area is 107 Å². The molecular weight excluding hydrogens is 257 g/mol. The summed E-state index contributed by atoms with van der Waals surface area (Å²) in [6.07, 6.45) is 1.26. The molecule has 0 radical (unpaired) electrons. The fraction of sp³-hybridized carbons (Fsp3) is 0.545. The first kappa shape index (κ1) is 15.0. The fourth-order valence-corrected chi connectivity index (χ4v) is 3.05. The van der Waals surface area contributed by atoms with E-state index in [1.165, 1.54) is 16.6 Å². The number of nitrogens with two attached hydrogens (primary N) is 1. The molecule has 5 nitrogen and oxygen atoms in total. The van der Waals surface area contributed by atoms with E-state index < -0.39 is 20.9 Å². The highest BCUT2D eigenvalue weighted by Gasteiger charge is 2.28. The van der Waals surface area contributed by atoms with Crippen molar-refractivity contribution in [3.63, 3.8) is 0 Å². The molecule has 0 saturated carbocycles. The quantitative estimate of drug-likeness (QED) is 0.834. The van der Waals surface area contributed by atoms with Crippen LogP contribution in [-0.2, 0) is 10.0 Å². The summed E-state index contributed by atoms with van der Waals surface area (Å²) in [6, 6.07) is 2.44. The zero-order valence-electron chi connectivity index (χ0n) is 10.5. The van der Waals surface area contributed by atoms with Crippen molar-refractivity contribution < 1.29 is 12.8 Å². The number of hydrogen-bond acceptors (Lipinski definition) is 4. The van der Waals surface area contributed by atoms with Crippen LogP contribution in [0.5, 0.6) is 0 Å². The molecule has 0 spiro atoms. The highest BCUT2D eigenvalue weighted by atomic mass is 32.2. The fourth-order valence-electron chi connectivity index (χ4n) is 1.50. The van der Waals surface area contributed by atoms with Gasteiger partial charge in [-0.2, -0.15) is 4.31 Å². The van der Waals surface area contributed by atoms with E-state index in [-0.39, 0.29) is 19.0 Å². The Kier molecular flexibility index (Phi) is 5.18. The van der Waals surface area contributed by atoms with Crippen LogP contribution in [0.4, 0.5) is 4.39 Å². The number of halogens is 1. The Hall–Kier alpha value is -1.05. The van der Waals surface area contributed by atoms with Crippen molar-refractivity contribution >= 4 is 10.0 Å². The molecule has 2 N–H and O–H groups in total. The van der Waals surface area contributed by atoms with Crippen LogP contribution in [0.15, 0.2) is 23.4 Å². The van der Waals surface area contributed by atoms with Gasteiger partial charge in [0, 0.05) is 19.3 Å². The molecule has 0 fully saturated rings. The summed E-state index contributed by atoms with van der Waals surface area (Å²) in [5, 5.41) is -0.531.